The molecular formula is C31H26N6O. The molecule has 0 aliphatic heterocycles. The van der Waals surface area contributed by atoms with Gasteiger partial charge in [0.25, 0.3) is 5.56 Å². The largest absolute Gasteiger partial charge is 0.324 e. The van der Waals surface area contributed by atoms with Gasteiger partial charge >= 0.3 is 0 Å². The number of nitrogens with zero attached hydrogens (tertiary/aromatic N) is 5. The van der Waals surface area contributed by atoms with Crippen LogP contribution in [0.4, 0.5) is 11.6 Å². The number of nitrogens with one attached hydrogen (secondary N) is 1. The van der Waals surface area contributed by atoms with Crippen LogP contribution in [0.2, 0.25) is 0 Å². The summed E-state index contributed by atoms with van der Waals surface area (Å²) in [5.74, 6) is 0.429. The highest BCUT2D eigenvalue weighted by atomic mass is 16.1. The van der Waals surface area contributed by atoms with E-state index in [9.17, 15) is 4.79 Å². The predicted molar refractivity (Wildman–Crippen MR) is 150 cm³/mol. The zero-order valence-electron chi connectivity index (χ0n) is 20.7. The summed E-state index contributed by atoms with van der Waals surface area (Å²) in [6.07, 6.45) is 7.00. The van der Waals surface area contributed by atoms with Crippen molar-refractivity contribution in [1.82, 2.24) is 24.3 Å². The number of hydrogen-bond acceptors (Lipinski definition) is 5. The normalized spacial score (nSPS) is 11.9. The third-order valence-corrected chi connectivity index (χ3v) is 6.60. The average molecular weight is 499 g/mol. The van der Waals surface area contributed by atoms with E-state index in [4.69, 9.17) is 4.98 Å². The molecule has 0 amide bonds. The zero-order valence-corrected chi connectivity index (χ0v) is 20.7. The molecule has 6 aromatic rings. The van der Waals surface area contributed by atoms with Crippen LogP contribution in [-0.4, -0.2) is 24.3 Å². The highest BCUT2D eigenvalue weighted by Gasteiger charge is 2.19. The summed E-state index contributed by atoms with van der Waals surface area (Å²) in [5.41, 5.74) is 4.61. The summed E-state index contributed by atoms with van der Waals surface area (Å²) in [5, 5.41) is 8.36. The Labute approximate surface area is 220 Å². The maximum absolute atomic E-state index is 13.4. The minimum absolute atomic E-state index is 0.0901. The van der Waals surface area contributed by atoms with Gasteiger partial charge in [-0.2, -0.15) is 10.1 Å². The van der Waals surface area contributed by atoms with Crippen molar-refractivity contribution in [2.24, 2.45) is 0 Å². The van der Waals surface area contributed by atoms with Crippen LogP contribution in [0.25, 0.3) is 16.7 Å². The zero-order chi connectivity index (χ0) is 25.7. The number of aryl methyl sites for hydroxylation is 1. The van der Waals surface area contributed by atoms with Crippen LogP contribution >= 0.6 is 0 Å². The van der Waals surface area contributed by atoms with Crippen molar-refractivity contribution in [2.75, 3.05) is 5.32 Å². The summed E-state index contributed by atoms with van der Waals surface area (Å²) in [7, 11) is 0. The Balaban J connectivity index is 1.36. The fourth-order valence-corrected chi connectivity index (χ4v) is 4.72. The molecule has 3 aromatic carbocycles. The monoisotopic (exact) mass is 498 g/mol. The second-order valence-electron chi connectivity index (χ2n) is 9.09. The molecule has 0 aliphatic rings. The fourth-order valence-electron chi connectivity index (χ4n) is 4.72. The van der Waals surface area contributed by atoms with Crippen molar-refractivity contribution < 1.29 is 0 Å². The van der Waals surface area contributed by atoms with Gasteiger partial charge in [0, 0.05) is 35.7 Å². The third kappa shape index (κ3) is 4.95. The molecule has 0 saturated carbocycles. The van der Waals surface area contributed by atoms with Gasteiger partial charge in [-0.1, -0.05) is 60.7 Å². The minimum Gasteiger partial charge on any atom is -0.324 e. The second-order valence-corrected chi connectivity index (χ2v) is 9.09. The number of fused-ring (bicyclic) bond motifs is 1. The molecule has 186 valence electrons. The Hall–Kier alpha value is -5.04. The van der Waals surface area contributed by atoms with Crippen LogP contribution in [0.15, 0.2) is 127 Å². The number of benzene rings is 3. The van der Waals surface area contributed by atoms with E-state index in [0.29, 0.717) is 11.6 Å². The molecule has 7 heteroatoms. The SMILES string of the molecule is O=c1ccc2cnc(Nc3ccc(-n4cccn4)cc3)nc2n1C(CCc1ccccc1)c1ccccc1. The lowest BCUT2D eigenvalue weighted by Crippen LogP contribution is -2.26. The van der Waals surface area contributed by atoms with E-state index in [1.165, 1.54) is 5.56 Å². The molecule has 0 fully saturated rings. The number of aromatic nitrogens is 5. The maximum Gasteiger partial charge on any atom is 0.252 e. The van der Waals surface area contributed by atoms with Crippen molar-refractivity contribution in [2.45, 2.75) is 18.9 Å². The van der Waals surface area contributed by atoms with Gasteiger partial charge in [-0.15, -0.1) is 0 Å². The van der Waals surface area contributed by atoms with E-state index in [1.54, 1.807) is 33.8 Å². The molecule has 1 atom stereocenters. The standard InChI is InChI=1S/C31H26N6O/c38-29-19-13-25-22-32-31(34-26-14-16-27(17-15-26)36-21-7-20-33-36)35-30(25)37(29)28(24-10-5-2-6-11-24)18-12-23-8-3-1-4-9-23/h1-11,13-17,19-22,28H,12,18H2,(H,32,34,35). The first kappa shape index (κ1) is 23.4. The first-order valence-electron chi connectivity index (χ1n) is 12.6. The number of rotatable bonds is 8. The summed E-state index contributed by atoms with van der Waals surface area (Å²) < 4.78 is 3.61. The molecule has 0 saturated heterocycles. The molecule has 38 heavy (non-hydrogen) atoms. The number of hydrogen-bond donors (Lipinski definition) is 1. The first-order chi connectivity index (χ1) is 18.7. The van der Waals surface area contributed by atoms with Gasteiger partial charge in [-0.25, -0.2) is 9.67 Å². The van der Waals surface area contributed by atoms with E-state index < -0.39 is 0 Å². The maximum atomic E-state index is 13.4. The summed E-state index contributed by atoms with van der Waals surface area (Å²) >= 11 is 0. The molecule has 7 nitrogen and oxygen atoms in total. The van der Waals surface area contributed by atoms with Crippen molar-refractivity contribution in [3.8, 4) is 5.69 Å². The fraction of sp³-hybridized carbons (Fsp3) is 0.0968. The Morgan fingerprint density at radius 3 is 2.32 bits per heavy atom. The van der Waals surface area contributed by atoms with Crippen molar-refractivity contribution in [3.05, 3.63) is 143 Å². The molecule has 1 N–H and O–H groups in total. The van der Waals surface area contributed by atoms with Crippen LogP contribution in [0.3, 0.4) is 0 Å². The van der Waals surface area contributed by atoms with Gasteiger partial charge < -0.3 is 5.32 Å². The Bertz CT molecular complexity index is 1700. The van der Waals surface area contributed by atoms with Crippen LogP contribution in [0.1, 0.15) is 23.6 Å². The Kier molecular flexibility index (Phi) is 6.47. The molecule has 6 rings (SSSR count). The van der Waals surface area contributed by atoms with Gasteiger partial charge in [0.15, 0.2) is 0 Å². The third-order valence-electron chi connectivity index (χ3n) is 6.60. The highest BCUT2D eigenvalue weighted by Crippen LogP contribution is 2.26. The Morgan fingerprint density at radius 1 is 0.816 bits per heavy atom. The lowest BCUT2D eigenvalue weighted by Gasteiger charge is -2.22. The molecule has 3 aromatic heterocycles. The van der Waals surface area contributed by atoms with Gasteiger partial charge in [-0.3, -0.25) is 9.36 Å². The lowest BCUT2D eigenvalue weighted by atomic mass is 9.98. The predicted octanol–water partition coefficient (Wildman–Crippen LogP) is 5.94. The minimum atomic E-state index is -0.177. The molecule has 0 radical (unpaired) electrons. The smallest absolute Gasteiger partial charge is 0.252 e. The molecular weight excluding hydrogens is 472 g/mol. The van der Waals surface area contributed by atoms with Crippen LogP contribution < -0.4 is 10.9 Å². The average Bonchev–Trinajstić information content (AvgIpc) is 3.51. The van der Waals surface area contributed by atoms with Crippen LogP contribution in [0.5, 0.6) is 0 Å². The summed E-state index contributed by atoms with van der Waals surface area (Å²) in [6, 6.07) is 33.5. The molecule has 0 aliphatic carbocycles. The second kappa shape index (κ2) is 10.5. The van der Waals surface area contributed by atoms with Gasteiger partial charge in [-0.05, 0) is 60.4 Å². The molecule has 3 heterocycles. The highest BCUT2D eigenvalue weighted by molar-refractivity contribution is 5.76. The molecule has 1 unspecified atom stereocenters. The van der Waals surface area contributed by atoms with Crippen LogP contribution in [0, 0.1) is 0 Å². The molecule has 0 bridgehead atoms. The summed E-state index contributed by atoms with van der Waals surface area (Å²) in [4.78, 5) is 22.7. The van der Waals surface area contributed by atoms with Crippen LogP contribution in [-0.2, 0) is 6.42 Å². The topological polar surface area (TPSA) is 77.6 Å². The van der Waals surface area contributed by atoms with Crippen molar-refractivity contribution >= 4 is 22.7 Å². The van der Waals surface area contributed by atoms with Gasteiger partial charge in [0.05, 0.1) is 11.7 Å². The quantitative estimate of drug-likeness (QED) is 0.281. The number of anilines is 2. The Morgan fingerprint density at radius 2 is 1.58 bits per heavy atom. The first-order valence-corrected chi connectivity index (χ1v) is 12.6. The lowest BCUT2D eigenvalue weighted by molar-refractivity contribution is 0.537. The summed E-state index contributed by atoms with van der Waals surface area (Å²) in [6.45, 7) is 0. The van der Waals surface area contributed by atoms with Crippen molar-refractivity contribution in [3.63, 3.8) is 0 Å². The van der Waals surface area contributed by atoms with E-state index in [-0.39, 0.29) is 11.6 Å². The van der Waals surface area contributed by atoms with E-state index in [2.05, 4.69) is 39.7 Å². The van der Waals surface area contributed by atoms with E-state index in [1.807, 2.05) is 72.9 Å². The number of pyridine rings is 1. The van der Waals surface area contributed by atoms with E-state index in [0.717, 1.165) is 35.2 Å². The van der Waals surface area contributed by atoms with Gasteiger partial charge in [0.1, 0.15) is 5.65 Å². The van der Waals surface area contributed by atoms with Crippen molar-refractivity contribution in [1.29, 1.82) is 0 Å². The molecule has 0 spiro atoms. The van der Waals surface area contributed by atoms with Gasteiger partial charge in [0.2, 0.25) is 5.95 Å². The van der Waals surface area contributed by atoms with E-state index >= 15 is 0 Å².